The monoisotopic (exact) mass is 297 g/mol. The van der Waals surface area contributed by atoms with Gasteiger partial charge in [0.2, 0.25) is 5.88 Å². The number of nitrogen functional groups attached to an aromatic ring is 1. The molecule has 4 nitrogen and oxygen atoms in total. The Kier molecular flexibility index (Phi) is 4.45. The van der Waals surface area contributed by atoms with Crippen molar-refractivity contribution in [3.8, 4) is 11.6 Å². The highest BCUT2D eigenvalue weighted by molar-refractivity contribution is 6.35. The summed E-state index contributed by atoms with van der Waals surface area (Å²) >= 11 is 11.9. The zero-order chi connectivity index (χ0) is 13.8. The molecule has 0 aliphatic rings. The molecule has 1 aromatic carbocycles. The van der Waals surface area contributed by atoms with Crippen LogP contribution >= 0.6 is 23.2 Å². The zero-order valence-electron chi connectivity index (χ0n) is 10.4. The molecule has 0 fully saturated rings. The first-order valence-electron chi connectivity index (χ1n) is 5.84. The Balaban J connectivity index is 2.35. The molecular formula is C13H13Cl2N3O. The number of halogens is 2. The highest BCUT2D eigenvalue weighted by Gasteiger charge is 2.12. The molecule has 0 unspecified atom stereocenters. The van der Waals surface area contributed by atoms with Crippen molar-refractivity contribution in [3.05, 3.63) is 40.1 Å². The third kappa shape index (κ3) is 3.28. The summed E-state index contributed by atoms with van der Waals surface area (Å²) in [6.07, 6.45) is 3.03. The van der Waals surface area contributed by atoms with Gasteiger partial charge in [0, 0.05) is 5.02 Å². The van der Waals surface area contributed by atoms with Crippen LogP contribution in [-0.2, 0) is 6.42 Å². The minimum atomic E-state index is 0.423. The molecule has 2 N–H and O–H groups in total. The Morgan fingerprint density at radius 1 is 1.26 bits per heavy atom. The number of aromatic nitrogens is 2. The molecule has 0 atom stereocenters. The van der Waals surface area contributed by atoms with Crippen LogP contribution in [0.15, 0.2) is 24.5 Å². The molecule has 0 saturated carbocycles. The van der Waals surface area contributed by atoms with Crippen LogP contribution in [0.3, 0.4) is 0 Å². The third-order valence-electron chi connectivity index (χ3n) is 2.54. The van der Waals surface area contributed by atoms with Gasteiger partial charge in [-0.3, -0.25) is 0 Å². The fraction of sp³-hybridized carbons (Fsp3) is 0.231. The van der Waals surface area contributed by atoms with E-state index in [4.69, 9.17) is 33.7 Å². The van der Waals surface area contributed by atoms with E-state index >= 15 is 0 Å². The molecule has 0 radical (unpaired) electrons. The van der Waals surface area contributed by atoms with E-state index in [1.165, 1.54) is 6.33 Å². The van der Waals surface area contributed by atoms with Crippen molar-refractivity contribution in [1.29, 1.82) is 0 Å². The van der Waals surface area contributed by atoms with Crippen molar-refractivity contribution in [3.63, 3.8) is 0 Å². The van der Waals surface area contributed by atoms with Gasteiger partial charge in [0.25, 0.3) is 0 Å². The second-order valence-corrected chi connectivity index (χ2v) is 4.81. The smallest absolute Gasteiger partial charge is 0.227 e. The molecule has 100 valence electrons. The predicted molar refractivity (Wildman–Crippen MR) is 77.0 cm³/mol. The van der Waals surface area contributed by atoms with Crippen molar-refractivity contribution in [2.45, 2.75) is 19.8 Å². The average molecular weight is 298 g/mol. The highest BCUT2D eigenvalue weighted by Crippen LogP contribution is 2.33. The summed E-state index contributed by atoms with van der Waals surface area (Å²) in [4.78, 5) is 8.08. The van der Waals surface area contributed by atoms with E-state index in [1.807, 2.05) is 6.92 Å². The van der Waals surface area contributed by atoms with Gasteiger partial charge in [0.1, 0.15) is 17.9 Å². The second-order valence-electron chi connectivity index (χ2n) is 3.97. The number of benzene rings is 1. The van der Waals surface area contributed by atoms with E-state index in [9.17, 15) is 0 Å². The standard InChI is InChI=1S/C13H13Cl2N3O/c1-2-3-9-12(16)17-7-18-13(9)19-11-5-4-8(14)6-10(11)15/h4-7H,2-3H2,1H3,(H2,16,17,18). The summed E-state index contributed by atoms with van der Waals surface area (Å²) in [6, 6.07) is 5.01. The highest BCUT2D eigenvalue weighted by atomic mass is 35.5. The largest absolute Gasteiger partial charge is 0.437 e. The maximum atomic E-state index is 6.06. The molecule has 0 saturated heterocycles. The van der Waals surface area contributed by atoms with Crippen LogP contribution in [0.25, 0.3) is 0 Å². The van der Waals surface area contributed by atoms with E-state index in [-0.39, 0.29) is 0 Å². The molecule has 2 aromatic rings. The number of nitrogens with zero attached hydrogens (tertiary/aromatic N) is 2. The molecule has 0 aliphatic heterocycles. The normalized spacial score (nSPS) is 10.5. The fourth-order valence-electron chi connectivity index (χ4n) is 1.64. The Morgan fingerprint density at radius 3 is 2.74 bits per heavy atom. The van der Waals surface area contributed by atoms with Crippen LogP contribution in [0, 0.1) is 0 Å². The lowest BCUT2D eigenvalue weighted by Gasteiger charge is -2.11. The molecule has 0 spiro atoms. The van der Waals surface area contributed by atoms with Crippen LogP contribution < -0.4 is 10.5 Å². The van der Waals surface area contributed by atoms with Crippen LogP contribution in [0.5, 0.6) is 11.6 Å². The molecule has 6 heteroatoms. The first-order chi connectivity index (χ1) is 9.11. The summed E-state index contributed by atoms with van der Waals surface area (Å²) in [6.45, 7) is 2.05. The summed E-state index contributed by atoms with van der Waals surface area (Å²) < 4.78 is 5.71. The van der Waals surface area contributed by atoms with Crippen molar-refractivity contribution in [2.24, 2.45) is 0 Å². The number of anilines is 1. The molecule has 0 bridgehead atoms. The minimum absolute atomic E-state index is 0.423. The van der Waals surface area contributed by atoms with Crippen LogP contribution in [0.1, 0.15) is 18.9 Å². The Bertz CT molecular complexity index is 590. The van der Waals surface area contributed by atoms with Gasteiger partial charge in [-0.15, -0.1) is 0 Å². The van der Waals surface area contributed by atoms with Gasteiger partial charge in [0.15, 0.2) is 0 Å². The predicted octanol–water partition coefficient (Wildman–Crippen LogP) is 4.11. The van der Waals surface area contributed by atoms with E-state index in [2.05, 4.69) is 9.97 Å². The molecule has 0 amide bonds. The second kappa shape index (κ2) is 6.08. The van der Waals surface area contributed by atoms with Crippen molar-refractivity contribution in [2.75, 3.05) is 5.73 Å². The lowest BCUT2D eigenvalue weighted by Crippen LogP contribution is -2.02. The average Bonchev–Trinajstić information content (AvgIpc) is 2.37. The number of hydrogen-bond donors (Lipinski definition) is 1. The maximum Gasteiger partial charge on any atom is 0.227 e. The minimum Gasteiger partial charge on any atom is -0.437 e. The van der Waals surface area contributed by atoms with E-state index in [0.29, 0.717) is 27.5 Å². The maximum absolute atomic E-state index is 6.06. The topological polar surface area (TPSA) is 61.0 Å². The van der Waals surface area contributed by atoms with E-state index < -0.39 is 0 Å². The third-order valence-corrected chi connectivity index (χ3v) is 3.07. The summed E-state index contributed by atoms with van der Waals surface area (Å²) in [5.41, 5.74) is 6.63. The first-order valence-corrected chi connectivity index (χ1v) is 6.59. The lowest BCUT2D eigenvalue weighted by atomic mass is 10.2. The number of hydrogen-bond acceptors (Lipinski definition) is 4. The zero-order valence-corrected chi connectivity index (χ0v) is 11.9. The SMILES string of the molecule is CCCc1c(N)ncnc1Oc1ccc(Cl)cc1Cl. The number of rotatable bonds is 4. The van der Waals surface area contributed by atoms with Crippen molar-refractivity contribution in [1.82, 2.24) is 9.97 Å². The summed E-state index contributed by atoms with van der Waals surface area (Å²) in [7, 11) is 0. The van der Waals surface area contributed by atoms with E-state index in [0.717, 1.165) is 18.4 Å². The van der Waals surface area contributed by atoms with Gasteiger partial charge in [0.05, 0.1) is 10.6 Å². The van der Waals surface area contributed by atoms with Crippen molar-refractivity contribution >= 4 is 29.0 Å². The fourth-order valence-corrected chi connectivity index (χ4v) is 2.09. The van der Waals surface area contributed by atoms with Crippen LogP contribution in [0.2, 0.25) is 10.0 Å². The quantitative estimate of drug-likeness (QED) is 0.922. The molecule has 1 aromatic heterocycles. The van der Waals surface area contributed by atoms with Gasteiger partial charge in [-0.2, -0.15) is 0 Å². The van der Waals surface area contributed by atoms with Gasteiger partial charge >= 0.3 is 0 Å². The van der Waals surface area contributed by atoms with Gasteiger partial charge < -0.3 is 10.5 Å². The van der Waals surface area contributed by atoms with Gasteiger partial charge in [-0.1, -0.05) is 36.5 Å². The molecule has 2 rings (SSSR count). The Labute approximate surface area is 121 Å². The van der Waals surface area contributed by atoms with Crippen molar-refractivity contribution < 1.29 is 4.74 Å². The lowest BCUT2D eigenvalue weighted by molar-refractivity contribution is 0.455. The number of nitrogens with two attached hydrogens (primary N) is 1. The molecule has 1 heterocycles. The molecular weight excluding hydrogens is 285 g/mol. The van der Waals surface area contributed by atoms with E-state index in [1.54, 1.807) is 18.2 Å². The van der Waals surface area contributed by atoms with Crippen LogP contribution in [0.4, 0.5) is 5.82 Å². The van der Waals surface area contributed by atoms with Gasteiger partial charge in [-0.25, -0.2) is 9.97 Å². The Morgan fingerprint density at radius 2 is 2.05 bits per heavy atom. The summed E-state index contributed by atoms with van der Waals surface area (Å²) in [5.74, 6) is 1.34. The summed E-state index contributed by atoms with van der Waals surface area (Å²) in [5, 5.41) is 0.973. The first kappa shape index (κ1) is 13.9. The van der Waals surface area contributed by atoms with Crippen LogP contribution in [-0.4, -0.2) is 9.97 Å². The molecule has 19 heavy (non-hydrogen) atoms. The molecule has 0 aliphatic carbocycles. The van der Waals surface area contributed by atoms with Gasteiger partial charge in [-0.05, 0) is 24.6 Å². The number of ether oxygens (including phenoxy) is 1. The Hall–Kier alpha value is -1.52.